The van der Waals surface area contributed by atoms with Gasteiger partial charge < -0.3 is 10.0 Å². The minimum atomic E-state index is -1.13. The summed E-state index contributed by atoms with van der Waals surface area (Å²) in [6.07, 6.45) is -1.13. The van der Waals surface area contributed by atoms with Crippen molar-refractivity contribution in [3.05, 3.63) is 29.6 Å². The van der Waals surface area contributed by atoms with E-state index in [-0.39, 0.29) is 12.3 Å². The number of rotatable bonds is 3. The van der Waals surface area contributed by atoms with Crippen LogP contribution in [0.5, 0.6) is 0 Å². The normalized spacial score (nSPS) is 9.73. The van der Waals surface area contributed by atoms with E-state index in [1.807, 2.05) is 0 Å². The van der Waals surface area contributed by atoms with Gasteiger partial charge in [0, 0.05) is 12.7 Å². The SMILES string of the molecule is Cc1cccc(C(=O)CN(C)C(=O)O)n1. The van der Waals surface area contributed by atoms with Gasteiger partial charge in [-0.1, -0.05) is 6.07 Å². The summed E-state index contributed by atoms with van der Waals surface area (Å²) in [5, 5.41) is 8.59. The second-order valence-electron chi connectivity index (χ2n) is 3.23. The van der Waals surface area contributed by atoms with E-state index in [0.717, 1.165) is 10.6 Å². The standard InChI is InChI=1S/C10H12N2O3/c1-7-4-3-5-8(11-7)9(13)6-12(2)10(14)15/h3-5H,6H2,1-2H3,(H,14,15). The lowest BCUT2D eigenvalue weighted by atomic mass is 10.2. The number of amides is 1. The zero-order valence-electron chi connectivity index (χ0n) is 8.60. The topological polar surface area (TPSA) is 70.5 Å². The molecule has 0 aliphatic carbocycles. The molecule has 15 heavy (non-hydrogen) atoms. The number of carbonyl (C=O) groups excluding carboxylic acids is 1. The summed E-state index contributed by atoms with van der Waals surface area (Å²) in [7, 11) is 1.34. The quantitative estimate of drug-likeness (QED) is 0.757. The van der Waals surface area contributed by atoms with Gasteiger partial charge in [0.25, 0.3) is 0 Å². The number of aryl methyl sites for hydroxylation is 1. The highest BCUT2D eigenvalue weighted by atomic mass is 16.4. The maximum Gasteiger partial charge on any atom is 0.407 e. The Labute approximate surface area is 87.4 Å². The third kappa shape index (κ3) is 3.05. The van der Waals surface area contributed by atoms with Gasteiger partial charge in [0.05, 0.1) is 6.54 Å². The zero-order chi connectivity index (χ0) is 11.4. The molecule has 0 atom stereocenters. The smallest absolute Gasteiger partial charge is 0.407 e. The number of nitrogens with zero attached hydrogens (tertiary/aromatic N) is 2. The van der Waals surface area contributed by atoms with E-state index in [0.29, 0.717) is 5.69 Å². The van der Waals surface area contributed by atoms with Gasteiger partial charge in [0.2, 0.25) is 5.78 Å². The van der Waals surface area contributed by atoms with Crippen LogP contribution in [0.4, 0.5) is 4.79 Å². The summed E-state index contributed by atoms with van der Waals surface area (Å²) >= 11 is 0. The number of hydrogen-bond donors (Lipinski definition) is 1. The lowest BCUT2D eigenvalue weighted by Crippen LogP contribution is -2.31. The maximum absolute atomic E-state index is 11.5. The minimum absolute atomic E-state index is 0.175. The van der Waals surface area contributed by atoms with Crippen LogP contribution in [0.15, 0.2) is 18.2 Å². The molecule has 0 spiro atoms. The Kier molecular flexibility index (Phi) is 3.38. The Hall–Kier alpha value is -1.91. The van der Waals surface area contributed by atoms with Gasteiger partial charge in [-0.05, 0) is 19.1 Å². The number of carboxylic acid groups (broad SMARTS) is 1. The van der Waals surface area contributed by atoms with Crippen LogP contribution >= 0.6 is 0 Å². The van der Waals surface area contributed by atoms with Crippen molar-refractivity contribution in [1.29, 1.82) is 0 Å². The molecule has 1 aromatic rings. The van der Waals surface area contributed by atoms with Crippen LogP contribution in [-0.2, 0) is 0 Å². The fourth-order valence-corrected chi connectivity index (χ4v) is 1.06. The van der Waals surface area contributed by atoms with Gasteiger partial charge >= 0.3 is 6.09 Å². The highest BCUT2D eigenvalue weighted by Crippen LogP contribution is 2.00. The van der Waals surface area contributed by atoms with Crippen LogP contribution in [0.25, 0.3) is 0 Å². The van der Waals surface area contributed by atoms with Crippen LogP contribution in [0, 0.1) is 6.92 Å². The zero-order valence-corrected chi connectivity index (χ0v) is 8.60. The molecule has 0 aliphatic rings. The highest BCUT2D eigenvalue weighted by Gasteiger charge is 2.13. The molecule has 0 saturated heterocycles. The molecule has 80 valence electrons. The molecule has 0 unspecified atom stereocenters. The number of likely N-dealkylation sites (N-methyl/N-ethyl adjacent to an activating group) is 1. The molecule has 0 fully saturated rings. The predicted octanol–water partition coefficient (Wildman–Crippen LogP) is 1.18. The number of carbonyl (C=O) groups is 2. The van der Waals surface area contributed by atoms with Crippen LogP contribution < -0.4 is 0 Å². The molecule has 0 saturated carbocycles. The summed E-state index contributed by atoms with van der Waals surface area (Å²) in [5.74, 6) is -0.302. The lowest BCUT2D eigenvalue weighted by Gasteiger charge is -2.11. The first-order chi connectivity index (χ1) is 7.00. The number of ketones is 1. The molecule has 5 nitrogen and oxygen atoms in total. The number of pyridine rings is 1. The predicted molar refractivity (Wildman–Crippen MR) is 54.0 cm³/mol. The van der Waals surface area contributed by atoms with Crippen molar-refractivity contribution in [2.45, 2.75) is 6.92 Å². The molecule has 1 N–H and O–H groups in total. The van der Waals surface area contributed by atoms with Gasteiger partial charge in [-0.3, -0.25) is 4.79 Å². The molecule has 1 rings (SSSR count). The number of Topliss-reactive ketones (excluding diaryl/α,β-unsaturated/α-hetero) is 1. The van der Waals surface area contributed by atoms with Gasteiger partial charge in [0.15, 0.2) is 0 Å². The van der Waals surface area contributed by atoms with Crippen LogP contribution in [0.3, 0.4) is 0 Å². The summed E-state index contributed by atoms with van der Waals surface area (Å²) in [6.45, 7) is 1.60. The monoisotopic (exact) mass is 208 g/mol. The lowest BCUT2D eigenvalue weighted by molar-refractivity contribution is 0.0924. The molecule has 0 aromatic carbocycles. The van der Waals surface area contributed by atoms with Crippen LogP contribution in [0.1, 0.15) is 16.2 Å². The highest BCUT2D eigenvalue weighted by molar-refractivity contribution is 5.97. The Balaban J connectivity index is 2.73. The molecule has 1 heterocycles. The average molecular weight is 208 g/mol. The van der Waals surface area contributed by atoms with Crippen molar-refractivity contribution >= 4 is 11.9 Å². The first kappa shape index (κ1) is 11.2. The van der Waals surface area contributed by atoms with Crippen molar-refractivity contribution in [2.24, 2.45) is 0 Å². The van der Waals surface area contributed by atoms with E-state index >= 15 is 0 Å². The van der Waals surface area contributed by atoms with E-state index < -0.39 is 6.09 Å². The van der Waals surface area contributed by atoms with E-state index in [1.54, 1.807) is 25.1 Å². The van der Waals surface area contributed by atoms with Crippen molar-refractivity contribution in [3.8, 4) is 0 Å². The van der Waals surface area contributed by atoms with E-state index in [9.17, 15) is 9.59 Å². The molecule has 0 aliphatic heterocycles. The van der Waals surface area contributed by atoms with E-state index in [2.05, 4.69) is 4.98 Å². The molecular weight excluding hydrogens is 196 g/mol. The van der Waals surface area contributed by atoms with Gasteiger partial charge in [-0.2, -0.15) is 0 Å². The van der Waals surface area contributed by atoms with Crippen LogP contribution in [0.2, 0.25) is 0 Å². The van der Waals surface area contributed by atoms with Gasteiger partial charge in [-0.25, -0.2) is 9.78 Å². The molecule has 5 heteroatoms. The fourth-order valence-electron chi connectivity index (χ4n) is 1.06. The van der Waals surface area contributed by atoms with E-state index in [4.69, 9.17) is 5.11 Å². The molecule has 0 bridgehead atoms. The number of hydrogen-bond acceptors (Lipinski definition) is 3. The third-order valence-corrected chi connectivity index (χ3v) is 1.88. The number of aromatic nitrogens is 1. The summed E-state index contributed by atoms with van der Waals surface area (Å²) in [6, 6.07) is 5.07. The minimum Gasteiger partial charge on any atom is -0.465 e. The molecular formula is C10H12N2O3. The third-order valence-electron chi connectivity index (χ3n) is 1.88. The first-order valence-electron chi connectivity index (χ1n) is 4.41. The summed E-state index contributed by atoms with van der Waals surface area (Å²) in [4.78, 5) is 27.0. The first-order valence-corrected chi connectivity index (χ1v) is 4.41. The second kappa shape index (κ2) is 4.54. The van der Waals surface area contributed by atoms with Crippen molar-refractivity contribution in [1.82, 2.24) is 9.88 Å². The largest absolute Gasteiger partial charge is 0.465 e. The Morgan fingerprint density at radius 1 is 1.47 bits per heavy atom. The fraction of sp³-hybridized carbons (Fsp3) is 0.300. The summed E-state index contributed by atoms with van der Waals surface area (Å²) in [5.41, 5.74) is 1.03. The van der Waals surface area contributed by atoms with Gasteiger partial charge in [-0.15, -0.1) is 0 Å². The van der Waals surface area contributed by atoms with E-state index in [1.165, 1.54) is 7.05 Å². The van der Waals surface area contributed by atoms with Crippen molar-refractivity contribution in [3.63, 3.8) is 0 Å². The second-order valence-corrected chi connectivity index (χ2v) is 3.23. The maximum atomic E-state index is 11.5. The molecule has 1 aromatic heterocycles. The van der Waals surface area contributed by atoms with Crippen LogP contribution in [-0.4, -0.2) is 40.5 Å². The summed E-state index contributed by atoms with van der Waals surface area (Å²) < 4.78 is 0. The average Bonchev–Trinajstić information content (AvgIpc) is 2.17. The molecule has 0 radical (unpaired) electrons. The van der Waals surface area contributed by atoms with Crippen molar-refractivity contribution < 1.29 is 14.7 Å². The Morgan fingerprint density at radius 2 is 2.13 bits per heavy atom. The van der Waals surface area contributed by atoms with Gasteiger partial charge in [0.1, 0.15) is 5.69 Å². The Bertz CT molecular complexity index is 390. The molecule has 1 amide bonds. The van der Waals surface area contributed by atoms with Crippen molar-refractivity contribution in [2.75, 3.05) is 13.6 Å². The Morgan fingerprint density at radius 3 is 2.67 bits per heavy atom.